The lowest BCUT2D eigenvalue weighted by Gasteiger charge is -2.26. The monoisotopic (exact) mass is 193 g/mol. The smallest absolute Gasteiger partial charge is 0.315 e. The van der Waals surface area contributed by atoms with Crippen molar-refractivity contribution in [1.82, 2.24) is 4.90 Å². The van der Waals surface area contributed by atoms with Gasteiger partial charge in [0, 0.05) is 13.7 Å². The molecule has 0 aromatic rings. The lowest BCUT2D eigenvalue weighted by Crippen LogP contribution is -2.43. The number of rotatable bonds is 2. The fourth-order valence-electron chi connectivity index (χ4n) is 1.55. The van der Waals surface area contributed by atoms with Gasteiger partial charge in [-0.1, -0.05) is 0 Å². The molecule has 0 spiro atoms. The van der Waals surface area contributed by atoms with E-state index in [0.717, 1.165) is 4.90 Å². The molecule has 1 heterocycles. The molecule has 1 aliphatic rings. The Kier molecular flexibility index (Phi) is 3.19. The molecule has 5 heteroatoms. The molecule has 76 valence electrons. The number of amides is 1. The van der Waals surface area contributed by atoms with Crippen LogP contribution in [0.1, 0.15) is 13.3 Å². The summed E-state index contributed by atoms with van der Waals surface area (Å²) in [7, 11) is 1.39. The van der Waals surface area contributed by atoms with Gasteiger partial charge in [0.25, 0.3) is 5.91 Å². The van der Waals surface area contributed by atoms with Gasteiger partial charge < -0.3 is 9.64 Å². The first kappa shape index (κ1) is 10.4. The molecule has 3 nitrogen and oxygen atoms in total. The zero-order valence-corrected chi connectivity index (χ0v) is 7.67. The number of hydrogen-bond donors (Lipinski definition) is 0. The molecule has 0 radical (unpaired) electrons. The second-order valence-corrected chi connectivity index (χ2v) is 3.18. The minimum atomic E-state index is -2.92. The van der Waals surface area contributed by atoms with Crippen molar-refractivity contribution < 1.29 is 18.3 Å². The van der Waals surface area contributed by atoms with Crippen LogP contribution >= 0.6 is 0 Å². The van der Waals surface area contributed by atoms with Crippen molar-refractivity contribution in [1.29, 1.82) is 0 Å². The minimum absolute atomic E-state index is 0.146. The summed E-state index contributed by atoms with van der Waals surface area (Å²) in [5.41, 5.74) is 0. The van der Waals surface area contributed by atoms with Crippen LogP contribution in [0.4, 0.5) is 8.78 Å². The van der Waals surface area contributed by atoms with Gasteiger partial charge in [-0.2, -0.15) is 8.78 Å². The van der Waals surface area contributed by atoms with Crippen LogP contribution in [0.5, 0.6) is 0 Å². The summed E-state index contributed by atoms with van der Waals surface area (Å²) in [6.45, 7) is 2.32. The van der Waals surface area contributed by atoms with E-state index < -0.39 is 12.3 Å². The predicted octanol–water partition coefficient (Wildman–Crippen LogP) is 0.887. The van der Waals surface area contributed by atoms with Gasteiger partial charge >= 0.3 is 6.43 Å². The molecule has 1 fully saturated rings. The molecule has 0 bridgehead atoms. The summed E-state index contributed by atoms with van der Waals surface area (Å²) in [5, 5.41) is 0. The highest BCUT2D eigenvalue weighted by molar-refractivity contribution is 5.79. The number of likely N-dealkylation sites (N-methyl/N-ethyl adjacent to an activating group) is 1. The first-order chi connectivity index (χ1) is 6.04. The minimum Gasteiger partial charge on any atom is -0.376 e. The fourth-order valence-corrected chi connectivity index (χ4v) is 1.55. The van der Waals surface area contributed by atoms with Gasteiger partial charge in [-0.15, -0.1) is 0 Å². The van der Waals surface area contributed by atoms with Crippen LogP contribution in [0.3, 0.4) is 0 Å². The topological polar surface area (TPSA) is 29.5 Å². The Bertz CT molecular complexity index is 199. The van der Waals surface area contributed by atoms with E-state index in [2.05, 4.69) is 0 Å². The Hall–Kier alpha value is -0.710. The van der Waals surface area contributed by atoms with Gasteiger partial charge in [-0.25, -0.2) is 0 Å². The number of hydrogen-bond acceptors (Lipinski definition) is 2. The molecule has 13 heavy (non-hydrogen) atoms. The summed E-state index contributed by atoms with van der Waals surface area (Å²) in [6.07, 6.45) is -2.43. The Labute approximate surface area is 75.7 Å². The predicted molar refractivity (Wildman–Crippen MR) is 42.6 cm³/mol. The van der Waals surface area contributed by atoms with Crippen molar-refractivity contribution in [3.05, 3.63) is 0 Å². The number of carbonyl (C=O) groups excluding carboxylic acids is 1. The normalized spacial score (nSPS) is 28.1. The highest BCUT2D eigenvalue weighted by Gasteiger charge is 2.33. The van der Waals surface area contributed by atoms with Crippen LogP contribution in [0.15, 0.2) is 0 Å². The molecule has 0 saturated carbocycles. The Morgan fingerprint density at radius 2 is 2.23 bits per heavy atom. The van der Waals surface area contributed by atoms with Crippen LogP contribution in [0, 0.1) is 0 Å². The summed E-state index contributed by atoms with van der Waals surface area (Å²) in [5.74, 6) is -1.12. The maximum Gasteiger partial charge on any atom is 0.315 e. The van der Waals surface area contributed by atoms with Crippen LogP contribution in [0.25, 0.3) is 0 Å². The Morgan fingerprint density at radius 1 is 1.62 bits per heavy atom. The van der Waals surface area contributed by atoms with Gasteiger partial charge in [0.15, 0.2) is 0 Å². The molecule has 0 aromatic heterocycles. The quantitative estimate of drug-likeness (QED) is 0.651. The van der Waals surface area contributed by atoms with Gasteiger partial charge in [-0.3, -0.25) is 4.79 Å². The fraction of sp³-hybridized carbons (Fsp3) is 0.875. The van der Waals surface area contributed by atoms with Crippen molar-refractivity contribution in [3.63, 3.8) is 0 Å². The second-order valence-electron chi connectivity index (χ2n) is 3.18. The number of halogens is 2. The summed E-state index contributed by atoms with van der Waals surface area (Å²) >= 11 is 0. The van der Waals surface area contributed by atoms with E-state index in [4.69, 9.17) is 4.74 Å². The molecule has 0 aromatic carbocycles. The highest BCUT2D eigenvalue weighted by Crippen LogP contribution is 2.19. The lowest BCUT2D eigenvalue weighted by molar-refractivity contribution is -0.144. The third-order valence-corrected chi connectivity index (χ3v) is 2.37. The van der Waals surface area contributed by atoms with Crippen molar-refractivity contribution in [2.24, 2.45) is 0 Å². The maximum atomic E-state index is 12.0. The van der Waals surface area contributed by atoms with Crippen LogP contribution in [-0.4, -0.2) is 43.0 Å². The van der Waals surface area contributed by atoms with E-state index in [1.54, 1.807) is 6.92 Å². The lowest BCUT2D eigenvalue weighted by atomic mass is 10.1. The maximum absolute atomic E-state index is 12.0. The van der Waals surface area contributed by atoms with E-state index >= 15 is 0 Å². The second kappa shape index (κ2) is 4.00. The molecule has 2 atom stereocenters. The number of ether oxygens (including phenoxy) is 1. The highest BCUT2D eigenvalue weighted by atomic mass is 19.3. The first-order valence-corrected chi connectivity index (χ1v) is 4.20. The molecular weight excluding hydrogens is 180 g/mol. The molecule has 1 rings (SSSR count). The van der Waals surface area contributed by atoms with Gasteiger partial charge in [0.05, 0.1) is 12.1 Å². The Balaban J connectivity index is 2.56. The van der Waals surface area contributed by atoms with Gasteiger partial charge in [-0.05, 0) is 13.3 Å². The molecule has 0 N–H and O–H groups in total. The molecular formula is C8H13F2NO2. The average Bonchev–Trinajstić information content (AvgIpc) is 2.48. The van der Waals surface area contributed by atoms with Crippen LogP contribution in [0.2, 0.25) is 0 Å². The standard InChI is InChI=1S/C8H13F2NO2/c1-5-6(3-4-13-5)11(2)8(12)7(9)10/h5-7H,3-4H2,1-2H3. The molecule has 1 saturated heterocycles. The van der Waals surface area contributed by atoms with E-state index in [1.807, 2.05) is 0 Å². The molecule has 1 amide bonds. The van der Waals surface area contributed by atoms with Crippen molar-refractivity contribution >= 4 is 5.91 Å². The van der Waals surface area contributed by atoms with Gasteiger partial charge in [0.1, 0.15) is 0 Å². The van der Waals surface area contributed by atoms with E-state index in [0.29, 0.717) is 13.0 Å². The van der Waals surface area contributed by atoms with Gasteiger partial charge in [0.2, 0.25) is 0 Å². The van der Waals surface area contributed by atoms with E-state index in [1.165, 1.54) is 7.05 Å². The summed E-state index contributed by atoms with van der Waals surface area (Å²) in [4.78, 5) is 12.0. The van der Waals surface area contributed by atoms with Crippen molar-refractivity contribution in [3.8, 4) is 0 Å². The molecule has 0 aliphatic carbocycles. The zero-order valence-electron chi connectivity index (χ0n) is 7.67. The average molecular weight is 193 g/mol. The van der Waals surface area contributed by atoms with E-state index in [9.17, 15) is 13.6 Å². The van der Waals surface area contributed by atoms with Crippen molar-refractivity contribution in [2.75, 3.05) is 13.7 Å². The third-order valence-electron chi connectivity index (χ3n) is 2.37. The largest absolute Gasteiger partial charge is 0.376 e. The van der Waals surface area contributed by atoms with Crippen LogP contribution < -0.4 is 0 Å². The molecule has 1 aliphatic heterocycles. The summed E-state index contributed by atoms with van der Waals surface area (Å²) in [6, 6.07) is -0.207. The number of nitrogens with zero attached hydrogens (tertiary/aromatic N) is 1. The SMILES string of the molecule is CC1OCCC1N(C)C(=O)C(F)F. The van der Waals surface area contributed by atoms with Crippen molar-refractivity contribution in [2.45, 2.75) is 31.9 Å². The number of carbonyl (C=O) groups is 1. The summed E-state index contributed by atoms with van der Waals surface area (Å²) < 4.78 is 29.2. The zero-order chi connectivity index (χ0) is 10.0. The van der Waals surface area contributed by atoms with E-state index in [-0.39, 0.29) is 12.1 Å². The molecule has 2 unspecified atom stereocenters. The van der Waals surface area contributed by atoms with Crippen LogP contribution in [-0.2, 0) is 9.53 Å². The number of alkyl halides is 2. The first-order valence-electron chi connectivity index (χ1n) is 4.20. The third kappa shape index (κ3) is 2.15. The Morgan fingerprint density at radius 3 is 2.62 bits per heavy atom.